The largest absolute Gasteiger partial charge is 0.445 e. The zero-order valence-corrected chi connectivity index (χ0v) is 11.2. The third-order valence-corrected chi connectivity index (χ3v) is 4.56. The van der Waals surface area contributed by atoms with Gasteiger partial charge in [0.05, 0.1) is 17.5 Å². The van der Waals surface area contributed by atoms with Crippen LogP contribution < -0.4 is 5.32 Å². The van der Waals surface area contributed by atoms with E-state index in [0.29, 0.717) is 18.2 Å². The summed E-state index contributed by atoms with van der Waals surface area (Å²) < 4.78 is 28.7. The molecule has 96 valence electrons. The van der Waals surface area contributed by atoms with Gasteiger partial charge in [0, 0.05) is 12.5 Å². The smallest absolute Gasteiger partial charge is 0.197 e. The van der Waals surface area contributed by atoms with Crippen LogP contribution >= 0.6 is 0 Å². The highest BCUT2D eigenvalue weighted by Gasteiger charge is 2.29. The Kier molecular flexibility index (Phi) is 3.27. The minimum absolute atomic E-state index is 0.109. The molecule has 2 rings (SSSR count). The number of aryl methyl sites for hydroxylation is 1. The lowest BCUT2D eigenvalue weighted by Gasteiger charge is -2.22. The minimum atomic E-state index is -2.95. The van der Waals surface area contributed by atoms with Crippen LogP contribution in [0.4, 0.5) is 0 Å². The summed E-state index contributed by atoms with van der Waals surface area (Å²) in [6.07, 6.45) is 0. The molecular formula is C11H18N2O3S. The predicted octanol–water partition coefficient (Wildman–Crippen LogP) is 1.17. The summed E-state index contributed by atoms with van der Waals surface area (Å²) in [5, 5.41) is 3.18. The Morgan fingerprint density at radius 2 is 2.18 bits per heavy atom. The van der Waals surface area contributed by atoms with Crippen molar-refractivity contribution in [1.29, 1.82) is 0 Å². The minimum Gasteiger partial charge on any atom is -0.445 e. The molecule has 1 unspecified atom stereocenters. The van der Waals surface area contributed by atoms with Crippen molar-refractivity contribution >= 4 is 9.84 Å². The lowest BCUT2D eigenvalue weighted by atomic mass is 10.2. The molecule has 1 aromatic heterocycles. The number of hydrogen-bond acceptors (Lipinski definition) is 5. The van der Waals surface area contributed by atoms with Gasteiger partial charge in [0.2, 0.25) is 0 Å². The molecule has 17 heavy (non-hydrogen) atoms. The van der Waals surface area contributed by atoms with Crippen LogP contribution in [0.2, 0.25) is 0 Å². The van der Waals surface area contributed by atoms with Gasteiger partial charge in [-0.1, -0.05) is 13.8 Å². The molecule has 0 bridgehead atoms. The van der Waals surface area contributed by atoms with E-state index >= 15 is 0 Å². The highest BCUT2D eigenvalue weighted by atomic mass is 32.2. The summed E-state index contributed by atoms with van der Waals surface area (Å²) in [7, 11) is -2.95. The fourth-order valence-corrected chi connectivity index (χ4v) is 3.34. The van der Waals surface area contributed by atoms with Crippen LogP contribution in [-0.2, 0) is 9.84 Å². The first kappa shape index (κ1) is 12.6. The second-order valence-electron chi connectivity index (χ2n) is 4.77. The van der Waals surface area contributed by atoms with Crippen molar-refractivity contribution in [2.24, 2.45) is 0 Å². The maximum Gasteiger partial charge on any atom is 0.197 e. The molecule has 0 amide bonds. The third kappa shape index (κ3) is 2.69. The first-order valence-electron chi connectivity index (χ1n) is 5.80. The lowest BCUT2D eigenvalue weighted by Crippen LogP contribution is -2.39. The Morgan fingerprint density at radius 1 is 1.47 bits per heavy atom. The number of hydrogen-bond donors (Lipinski definition) is 1. The normalized spacial score (nSPS) is 24.1. The SMILES string of the molecule is Cc1oc(C(C)C)nc1C1CS(=O)(=O)CCN1. The zero-order valence-electron chi connectivity index (χ0n) is 10.4. The molecule has 1 aliphatic heterocycles. The molecule has 1 atom stereocenters. The average Bonchev–Trinajstić information content (AvgIpc) is 2.59. The van der Waals surface area contributed by atoms with E-state index in [2.05, 4.69) is 10.3 Å². The Labute approximate surface area is 102 Å². The summed E-state index contributed by atoms with van der Waals surface area (Å²) in [5.74, 6) is 1.91. The molecule has 0 aliphatic carbocycles. The van der Waals surface area contributed by atoms with E-state index in [1.54, 1.807) is 0 Å². The number of nitrogens with one attached hydrogen (secondary N) is 1. The Bertz CT molecular complexity index is 505. The van der Waals surface area contributed by atoms with Crippen LogP contribution in [0.1, 0.15) is 43.2 Å². The van der Waals surface area contributed by atoms with Crippen LogP contribution in [0.5, 0.6) is 0 Å². The molecular weight excluding hydrogens is 240 g/mol. The fraction of sp³-hybridized carbons (Fsp3) is 0.727. The van der Waals surface area contributed by atoms with Gasteiger partial charge >= 0.3 is 0 Å². The number of sulfone groups is 1. The molecule has 0 spiro atoms. The van der Waals surface area contributed by atoms with Gasteiger partial charge in [0.1, 0.15) is 11.5 Å². The van der Waals surface area contributed by atoms with E-state index in [1.165, 1.54) is 0 Å². The van der Waals surface area contributed by atoms with Crippen LogP contribution in [0, 0.1) is 6.92 Å². The Balaban J connectivity index is 2.28. The third-order valence-electron chi connectivity index (χ3n) is 2.90. The first-order chi connectivity index (χ1) is 7.89. The van der Waals surface area contributed by atoms with E-state index < -0.39 is 9.84 Å². The molecule has 0 radical (unpaired) electrons. The molecule has 2 heterocycles. The van der Waals surface area contributed by atoms with Gasteiger partial charge < -0.3 is 9.73 Å². The summed E-state index contributed by atoms with van der Waals surface area (Å²) in [6, 6.07) is -0.231. The highest BCUT2D eigenvalue weighted by molar-refractivity contribution is 7.91. The van der Waals surface area contributed by atoms with Crippen molar-refractivity contribution in [3.63, 3.8) is 0 Å². The molecule has 1 N–H and O–H groups in total. The number of aromatic nitrogens is 1. The molecule has 5 nitrogen and oxygen atoms in total. The molecule has 1 aromatic rings. The van der Waals surface area contributed by atoms with Crippen molar-refractivity contribution in [1.82, 2.24) is 10.3 Å². The van der Waals surface area contributed by atoms with Gasteiger partial charge in [-0.2, -0.15) is 0 Å². The average molecular weight is 258 g/mol. The molecule has 1 saturated heterocycles. The van der Waals surface area contributed by atoms with E-state index in [4.69, 9.17) is 4.42 Å². The highest BCUT2D eigenvalue weighted by Crippen LogP contribution is 2.25. The summed E-state index contributed by atoms with van der Waals surface area (Å²) in [6.45, 7) is 6.31. The van der Waals surface area contributed by atoms with Crippen molar-refractivity contribution in [3.8, 4) is 0 Å². The van der Waals surface area contributed by atoms with Crippen LogP contribution in [0.15, 0.2) is 4.42 Å². The first-order valence-corrected chi connectivity index (χ1v) is 7.62. The van der Waals surface area contributed by atoms with Gasteiger partial charge in [-0.05, 0) is 6.92 Å². The second-order valence-corrected chi connectivity index (χ2v) is 7.00. The van der Waals surface area contributed by atoms with Crippen LogP contribution in [0.3, 0.4) is 0 Å². The van der Waals surface area contributed by atoms with Crippen molar-refractivity contribution in [2.75, 3.05) is 18.1 Å². The Morgan fingerprint density at radius 3 is 2.71 bits per heavy atom. The monoisotopic (exact) mass is 258 g/mol. The van der Waals surface area contributed by atoms with Gasteiger partial charge in [-0.25, -0.2) is 13.4 Å². The number of rotatable bonds is 2. The Hall–Kier alpha value is -0.880. The standard InChI is InChI=1S/C11H18N2O3S/c1-7(2)11-13-10(8(3)16-11)9-6-17(14,15)5-4-12-9/h7,9,12H,4-6H2,1-3H3. The van der Waals surface area contributed by atoms with E-state index in [1.807, 2.05) is 20.8 Å². The van der Waals surface area contributed by atoms with Crippen molar-refractivity contribution in [2.45, 2.75) is 32.7 Å². The summed E-state index contributed by atoms with van der Waals surface area (Å²) in [5.41, 5.74) is 0.733. The van der Waals surface area contributed by atoms with Crippen LogP contribution in [0.25, 0.3) is 0 Å². The lowest BCUT2D eigenvalue weighted by molar-refractivity contribution is 0.447. The molecule has 1 fully saturated rings. The van der Waals surface area contributed by atoms with Gasteiger partial charge in [0.15, 0.2) is 15.7 Å². The maximum absolute atomic E-state index is 11.6. The number of oxazole rings is 1. The summed E-state index contributed by atoms with van der Waals surface area (Å²) in [4.78, 5) is 4.40. The van der Waals surface area contributed by atoms with E-state index in [0.717, 1.165) is 5.69 Å². The van der Waals surface area contributed by atoms with E-state index in [-0.39, 0.29) is 23.5 Å². The molecule has 1 aliphatic rings. The second kappa shape index (κ2) is 4.42. The van der Waals surface area contributed by atoms with E-state index in [9.17, 15) is 8.42 Å². The topological polar surface area (TPSA) is 72.2 Å². The summed E-state index contributed by atoms with van der Waals surface area (Å²) >= 11 is 0. The predicted molar refractivity (Wildman–Crippen MR) is 64.7 cm³/mol. The maximum atomic E-state index is 11.6. The van der Waals surface area contributed by atoms with Gasteiger partial charge in [0.25, 0.3) is 0 Å². The quantitative estimate of drug-likeness (QED) is 0.862. The molecule has 6 heteroatoms. The fourth-order valence-electron chi connectivity index (χ4n) is 1.96. The molecule has 0 saturated carbocycles. The van der Waals surface area contributed by atoms with Crippen molar-refractivity contribution in [3.05, 3.63) is 17.3 Å². The molecule has 0 aromatic carbocycles. The van der Waals surface area contributed by atoms with Crippen molar-refractivity contribution < 1.29 is 12.8 Å². The van der Waals surface area contributed by atoms with Crippen LogP contribution in [-0.4, -0.2) is 31.5 Å². The number of nitrogens with zero attached hydrogens (tertiary/aromatic N) is 1. The zero-order chi connectivity index (χ0) is 12.6. The van der Waals surface area contributed by atoms with Gasteiger partial charge in [-0.3, -0.25) is 0 Å². The van der Waals surface area contributed by atoms with Gasteiger partial charge in [-0.15, -0.1) is 0 Å².